The second-order valence-corrected chi connectivity index (χ2v) is 7.62. The average molecular weight is 387 g/mol. The van der Waals surface area contributed by atoms with Crippen molar-refractivity contribution < 1.29 is 19.4 Å². The Morgan fingerprint density at radius 3 is 2.36 bits per heavy atom. The van der Waals surface area contributed by atoms with Crippen molar-refractivity contribution in [2.75, 3.05) is 5.88 Å². The molecule has 5 nitrogen and oxygen atoms in total. The first-order chi connectivity index (χ1) is 10.3. The van der Waals surface area contributed by atoms with E-state index in [2.05, 4.69) is 0 Å². The van der Waals surface area contributed by atoms with Crippen molar-refractivity contribution in [3.05, 3.63) is 35.9 Å². The second kappa shape index (κ2) is 8.78. The number of carbonyl (C=O) groups excluding carboxylic acids is 1. The van der Waals surface area contributed by atoms with Gasteiger partial charge in [-0.15, -0.1) is 11.6 Å². The molecule has 1 aromatic carbocycles. The molecule has 0 aliphatic rings. The fourth-order valence-electron chi connectivity index (χ4n) is 1.71. The summed E-state index contributed by atoms with van der Waals surface area (Å²) in [4.78, 5) is 24.3. The zero-order chi connectivity index (χ0) is 16.8. The van der Waals surface area contributed by atoms with E-state index in [4.69, 9.17) is 39.5 Å². The molecule has 1 aromatic rings. The Balaban J connectivity index is 2.87. The summed E-state index contributed by atoms with van der Waals surface area (Å²) in [6.45, 7) is -0.0298. The number of hydrogen-bond donors (Lipinski definition) is 1. The van der Waals surface area contributed by atoms with Crippen molar-refractivity contribution in [3.63, 3.8) is 0 Å². The summed E-state index contributed by atoms with van der Waals surface area (Å²) in [5, 5.41) is 9.24. The van der Waals surface area contributed by atoms with Gasteiger partial charge in [0.2, 0.25) is 4.20 Å². The maximum atomic E-state index is 12.2. The Labute approximate surface area is 145 Å². The number of amides is 1. The van der Waals surface area contributed by atoms with Gasteiger partial charge in [0.05, 0.1) is 0 Å². The summed E-state index contributed by atoms with van der Waals surface area (Å²) >= 11 is 17.4. The van der Waals surface area contributed by atoms with Crippen LogP contribution in [0.25, 0.3) is 0 Å². The lowest BCUT2D eigenvalue weighted by atomic mass is 10.2. The zero-order valence-electron chi connectivity index (χ0n) is 11.4. The summed E-state index contributed by atoms with van der Waals surface area (Å²) in [5.74, 6) is -1.25. The summed E-state index contributed by atoms with van der Waals surface area (Å²) in [5.41, 5.74) is 0.749. The Kier molecular flexibility index (Phi) is 7.70. The minimum Gasteiger partial charge on any atom is -0.480 e. The zero-order valence-corrected chi connectivity index (χ0v) is 14.8. The van der Waals surface area contributed by atoms with Gasteiger partial charge in [-0.3, -0.25) is 4.90 Å². The van der Waals surface area contributed by atoms with Crippen LogP contribution < -0.4 is 0 Å². The number of halogens is 3. The van der Waals surface area contributed by atoms with E-state index in [0.29, 0.717) is 0 Å². The molecule has 2 atom stereocenters. The predicted molar refractivity (Wildman–Crippen MR) is 89.4 cm³/mol. The van der Waals surface area contributed by atoms with E-state index in [1.54, 1.807) is 24.3 Å². The van der Waals surface area contributed by atoms with Gasteiger partial charge in [-0.25, -0.2) is 9.59 Å². The number of rotatable bonds is 7. The smallest absolute Gasteiger partial charge is 0.413 e. The van der Waals surface area contributed by atoms with E-state index in [0.717, 1.165) is 10.5 Å². The lowest BCUT2D eigenvalue weighted by Crippen LogP contribution is -2.51. The van der Waals surface area contributed by atoms with Gasteiger partial charge in [-0.2, -0.15) is 0 Å². The summed E-state index contributed by atoms with van der Waals surface area (Å²) in [7, 11) is 1.99. The molecule has 2 unspecified atom stereocenters. The summed E-state index contributed by atoms with van der Waals surface area (Å²) in [6, 6.07) is 7.63. The van der Waals surface area contributed by atoms with Gasteiger partial charge in [0.1, 0.15) is 12.6 Å². The molecule has 0 aliphatic carbocycles. The molecule has 9 heteroatoms. The van der Waals surface area contributed by atoms with Crippen molar-refractivity contribution >= 4 is 56.1 Å². The highest BCUT2D eigenvalue weighted by Gasteiger charge is 2.41. The number of nitrogens with zero attached hydrogens (tertiary/aromatic N) is 1. The number of benzene rings is 1. The molecule has 0 fully saturated rings. The van der Waals surface area contributed by atoms with Crippen LogP contribution in [0, 0.1) is 0 Å². The van der Waals surface area contributed by atoms with Crippen LogP contribution >= 0.6 is 44.0 Å². The third-order valence-electron chi connectivity index (χ3n) is 2.70. The molecule has 122 valence electrons. The lowest BCUT2D eigenvalue weighted by molar-refractivity contribution is -0.143. The van der Waals surface area contributed by atoms with E-state index in [1.165, 1.54) is 0 Å². The van der Waals surface area contributed by atoms with Crippen LogP contribution in [0.5, 0.6) is 0 Å². The third-order valence-corrected chi connectivity index (χ3v) is 3.56. The molecule has 0 radical (unpaired) electrons. The Bertz CT molecular complexity index is 510. The number of carboxylic acid groups (broad SMARTS) is 1. The highest BCUT2D eigenvalue weighted by Crippen LogP contribution is 2.36. The standard InChI is InChI=1S/C13H15Cl3NO4P/c14-7-6-10(11(18)19)17(13(15,16)22)12(20)21-8-9-4-2-1-3-5-9/h1-5,10H,6-8,22H2,(H,18,19). The number of alkyl halides is 3. The second-order valence-electron chi connectivity index (χ2n) is 4.33. The highest BCUT2D eigenvalue weighted by atomic mass is 35.5. The third kappa shape index (κ3) is 5.81. The van der Waals surface area contributed by atoms with Crippen molar-refractivity contribution in [3.8, 4) is 0 Å². The van der Waals surface area contributed by atoms with Crippen molar-refractivity contribution in [2.45, 2.75) is 23.3 Å². The van der Waals surface area contributed by atoms with Crippen LogP contribution in [0.4, 0.5) is 4.79 Å². The van der Waals surface area contributed by atoms with Crippen LogP contribution in [0.2, 0.25) is 0 Å². The Morgan fingerprint density at radius 1 is 1.32 bits per heavy atom. The Morgan fingerprint density at radius 2 is 1.91 bits per heavy atom. The first-order valence-electron chi connectivity index (χ1n) is 6.23. The maximum absolute atomic E-state index is 12.2. The Hall–Kier alpha value is -0.740. The topological polar surface area (TPSA) is 66.8 Å². The minimum atomic E-state index is -1.83. The van der Waals surface area contributed by atoms with Crippen LogP contribution in [0.1, 0.15) is 12.0 Å². The lowest BCUT2D eigenvalue weighted by Gasteiger charge is -2.34. The molecular weight excluding hydrogens is 371 g/mol. The number of ether oxygens (including phenoxy) is 1. The van der Waals surface area contributed by atoms with Crippen LogP contribution in [-0.4, -0.2) is 38.2 Å². The molecule has 0 saturated heterocycles. The normalized spacial score (nSPS) is 12.5. The van der Waals surface area contributed by atoms with Gasteiger partial charge in [0.15, 0.2) is 0 Å². The van der Waals surface area contributed by atoms with Gasteiger partial charge in [-0.05, 0) is 12.0 Å². The fourth-order valence-corrected chi connectivity index (χ4v) is 2.58. The molecule has 1 amide bonds. The molecule has 1 N–H and O–H groups in total. The van der Waals surface area contributed by atoms with E-state index >= 15 is 0 Å². The number of carbonyl (C=O) groups is 2. The maximum Gasteiger partial charge on any atom is 0.413 e. The molecule has 0 saturated carbocycles. The van der Waals surface area contributed by atoms with Crippen LogP contribution in [0.15, 0.2) is 30.3 Å². The minimum absolute atomic E-state index is 0.0209. The van der Waals surface area contributed by atoms with Gasteiger partial charge < -0.3 is 9.84 Å². The van der Waals surface area contributed by atoms with E-state index < -0.39 is 22.3 Å². The highest BCUT2D eigenvalue weighted by molar-refractivity contribution is 7.27. The first-order valence-corrected chi connectivity index (χ1v) is 8.09. The molecule has 0 bridgehead atoms. The number of carboxylic acids is 1. The average Bonchev–Trinajstić information content (AvgIpc) is 2.44. The number of hydrogen-bond acceptors (Lipinski definition) is 3. The SMILES string of the molecule is O=C(O)C(CCCl)N(C(=O)OCc1ccccc1)C(P)(Cl)Cl. The first kappa shape index (κ1) is 19.3. The summed E-state index contributed by atoms with van der Waals surface area (Å²) in [6.07, 6.45) is -0.964. The van der Waals surface area contributed by atoms with Gasteiger partial charge >= 0.3 is 12.1 Å². The molecule has 1 rings (SSSR count). The molecule has 0 aromatic heterocycles. The molecule has 0 heterocycles. The van der Waals surface area contributed by atoms with E-state index in [-0.39, 0.29) is 18.9 Å². The monoisotopic (exact) mass is 385 g/mol. The van der Waals surface area contributed by atoms with Crippen molar-refractivity contribution in [2.24, 2.45) is 0 Å². The predicted octanol–water partition coefficient (Wildman–Crippen LogP) is 3.67. The van der Waals surface area contributed by atoms with Gasteiger partial charge in [0.25, 0.3) is 0 Å². The molecular formula is C13H15Cl3NO4P. The number of aliphatic carboxylic acids is 1. The largest absolute Gasteiger partial charge is 0.480 e. The van der Waals surface area contributed by atoms with Crippen molar-refractivity contribution in [1.29, 1.82) is 0 Å². The van der Waals surface area contributed by atoms with Gasteiger partial charge in [-0.1, -0.05) is 62.8 Å². The van der Waals surface area contributed by atoms with Gasteiger partial charge in [0, 0.05) is 5.88 Å². The molecule has 0 spiro atoms. The molecule has 22 heavy (non-hydrogen) atoms. The quantitative estimate of drug-likeness (QED) is 0.441. The van der Waals surface area contributed by atoms with Crippen LogP contribution in [-0.2, 0) is 16.1 Å². The van der Waals surface area contributed by atoms with Crippen LogP contribution in [0.3, 0.4) is 0 Å². The summed E-state index contributed by atoms with van der Waals surface area (Å²) < 4.78 is 3.26. The van der Waals surface area contributed by atoms with E-state index in [1.807, 2.05) is 15.3 Å². The molecule has 0 aliphatic heterocycles. The fraction of sp³-hybridized carbons (Fsp3) is 0.385. The van der Waals surface area contributed by atoms with Crippen molar-refractivity contribution in [1.82, 2.24) is 4.90 Å². The van der Waals surface area contributed by atoms with E-state index in [9.17, 15) is 14.7 Å².